The zero-order valence-corrected chi connectivity index (χ0v) is 18.7. The number of aryl methyl sites for hydroxylation is 2. The number of nitrogens with zero attached hydrogens (tertiary/aromatic N) is 3. The Bertz CT molecular complexity index is 1000. The minimum atomic E-state index is -3.86. The molecule has 0 spiro atoms. The van der Waals surface area contributed by atoms with Crippen LogP contribution < -0.4 is 5.32 Å². The first-order valence-corrected chi connectivity index (χ1v) is 11.5. The average Bonchev–Trinajstić information content (AvgIpc) is 3.09. The van der Waals surface area contributed by atoms with Crippen LogP contribution in [0, 0.1) is 6.92 Å². The fourth-order valence-electron chi connectivity index (χ4n) is 3.29. The minimum absolute atomic E-state index is 0.0742. The summed E-state index contributed by atoms with van der Waals surface area (Å²) in [4.78, 5) is 16.5. The van der Waals surface area contributed by atoms with E-state index in [1.807, 2.05) is 13.8 Å². The molecule has 1 fully saturated rings. The fraction of sp³-hybridized carbons (Fsp3) is 0.526. The molecule has 164 valence electrons. The standard InChI is InChI=1S/C19H25ClN4O5S/c1-12-10-24(11-13(2)28-12)30(26,27)17-9-15(6-7-16(17)20)19(25)21-8-4-5-18-22-14(3)23-29-18/h6-7,9,12-13H,4-5,8,10-11H2,1-3H3,(H,21,25)/t12-,13+. The van der Waals surface area contributed by atoms with Crippen molar-refractivity contribution in [3.63, 3.8) is 0 Å². The maximum absolute atomic E-state index is 13.1. The second kappa shape index (κ2) is 9.42. The maximum Gasteiger partial charge on any atom is 0.251 e. The molecule has 9 nitrogen and oxygen atoms in total. The number of rotatable bonds is 7. The first-order chi connectivity index (χ1) is 14.2. The molecule has 1 aliphatic rings. The van der Waals surface area contributed by atoms with Crippen molar-refractivity contribution in [3.8, 4) is 0 Å². The van der Waals surface area contributed by atoms with Gasteiger partial charge >= 0.3 is 0 Å². The van der Waals surface area contributed by atoms with Gasteiger partial charge in [-0.1, -0.05) is 16.8 Å². The van der Waals surface area contributed by atoms with Gasteiger partial charge < -0.3 is 14.6 Å². The van der Waals surface area contributed by atoms with Crippen molar-refractivity contribution in [1.82, 2.24) is 19.8 Å². The quantitative estimate of drug-likeness (QED) is 0.635. The molecule has 1 N–H and O–H groups in total. The van der Waals surface area contributed by atoms with Crippen LogP contribution in [0.3, 0.4) is 0 Å². The molecule has 11 heteroatoms. The van der Waals surface area contributed by atoms with E-state index in [-0.39, 0.29) is 46.7 Å². The predicted octanol–water partition coefficient (Wildman–Crippen LogP) is 2.19. The lowest BCUT2D eigenvalue weighted by molar-refractivity contribution is -0.0440. The SMILES string of the molecule is Cc1noc(CCCNC(=O)c2ccc(Cl)c(S(=O)(=O)N3C[C@@H](C)O[C@@H](C)C3)c2)n1. The third kappa shape index (κ3) is 5.37. The van der Waals surface area contributed by atoms with Crippen LogP contribution >= 0.6 is 11.6 Å². The van der Waals surface area contributed by atoms with Gasteiger partial charge in [-0.15, -0.1) is 0 Å². The topological polar surface area (TPSA) is 115 Å². The highest BCUT2D eigenvalue weighted by Gasteiger charge is 2.33. The van der Waals surface area contributed by atoms with Crippen molar-refractivity contribution >= 4 is 27.5 Å². The van der Waals surface area contributed by atoms with Crippen LogP contribution in [0.2, 0.25) is 5.02 Å². The van der Waals surface area contributed by atoms with Gasteiger partial charge in [-0.25, -0.2) is 8.42 Å². The van der Waals surface area contributed by atoms with Crippen LogP contribution in [-0.2, 0) is 21.2 Å². The largest absolute Gasteiger partial charge is 0.373 e. The van der Waals surface area contributed by atoms with E-state index < -0.39 is 10.0 Å². The third-order valence-electron chi connectivity index (χ3n) is 4.62. The monoisotopic (exact) mass is 456 g/mol. The molecule has 0 saturated carbocycles. The summed E-state index contributed by atoms with van der Waals surface area (Å²) in [5.41, 5.74) is 0.223. The number of hydrogen-bond acceptors (Lipinski definition) is 7. The number of aromatic nitrogens is 2. The summed E-state index contributed by atoms with van der Waals surface area (Å²) in [5.74, 6) is 0.692. The van der Waals surface area contributed by atoms with Gasteiger partial charge in [0.05, 0.1) is 17.2 Å². The Balaban J connectivity index is 1.67. The predicted molar refractivity (Wildman–Crippen MR) is 110 cm³/mol. The molecule has 2 atom stereocenters. The Morgan fingerprint density at radius 3 is 2.63 bits per heavy atom. The van der Waals surface area contributed by atoms with E-state index in [0.717, 1.165) is 0 Å². The lowest BCUT2D eigenvalue weighted by Crippen LogP contribution is -2.48. The van der Waals surface area contributed by atoms with Crippen LogP contribution in [0.4, 0.5) is 0 Å². The van der Waals surface area contributed by atoms with E-state index in [1.165, 1.54) is 22.5 Å². The first kappa shape index (κ1) is 22.7. The molecule has 3 rings (SSSR count). The molecular formula is C19H25ClN4O5S. The highest BCUT2D eigenvalue weighted by Crippen LogP contribution is 2.28. The smallest absolute Gasteiger partial charge is 0.251 e. The number of carbonyl (C=O) groups excluding carboxylic acids is 1. The highest BCUT2D eigenvalue weighted by atomic mass is 35.5. The van der Waals surface area contributed by atoms with Crippen molar-refractivity contribution in [1.29, 1.82) is 0 Å². The van der Waals surface area contributed by atoms with E-state index in [4.69, 9.17) is 20.9 Å². The molecule has 1 aliphatic heterocycles. The van der Waals surface area contributed by atoms with Crippen molar-refractivity contribution in [3.05, 3.63) is 40.5 Å². The highest BCUT2D eigenvalue weighted by molar-refractivity contribution is 7.89. The van der Waals surface area contributed by atoms with Gasteiger partial charge in [0.1, 0.15) is 4.90 Å². The van der Waals surface area contributed by atoms with Crippen molar-refractivity contribution in [2.24, 2.45) is 0 Å². The number of sulfonamides is 1. The third-order valence-corrected chi connectivity index (χ3v) is 6.93. The van der Waals surface area contributed by atoms with Gasteiger partial charge in [0.2, 0.25) is 15.9 Å². The van der Waals surface area contributed by atoms with Gasteiger partial charge in [0, 0.05) is 31.6 Å². The summed E-state index contributed by atoms with van der Waals surface area (Å²) in [6.07, 6.45) is 0.692. The van der Waals surface area contributed by atoms with E-state index in [0.29, 0.717) is 31.1 Å². The van der Waals surface area contributed by atoms with Gasteiger partial charge in [-0.3, -0.25) is 4.79 Å². The second-order valence-corrected chi connectivity index (χ2v) is 9.63. The number of halogens is 1. The Hall–Kier alpha value is -2.01. The van der Waals surface area contributed by atoms with Crippen LogP contribution in [0.1, 0.15) is 42.3 Å². The van der Waals surface area contributed by atoms with E-state index in [1.54, 1.807) is 6.92 Å². The summed E-state index contributed by atoms with van der Waals surface area (Å²) in [7, 11) is -3.86. The van der Waals surface area contributed by atoms with E-state index in [2.05, 4.69) is 15.5 Å². The molecule has 0 radical (unpaired) electrons. The Morgan fingerprint density at radius 1 is 1.30 bits per heavy atom. The molecule has 0 bridgehead atoms. The molecule has 1 aromatic carbocycles. The molecule has 2 heterocycles. The summed E-state index contributed by atoms with van der Waals surface area (Å²) in [5, 5.41) is 6.55. The lowest BCUT2D eigenvalue weighted by Gasteiger charge is -2.34. The summed E-state index contributed by atoms with van der Waals surface area (Å²) >= 11 is 6.18. The zero-order chi connectivity index (χ0) is 21.9. The van der Waals surface area contributed by atoms with Crippen molar-refractivity contribution < 1.29 is 22.5 Å². The summed E-state index contributed by atoms with van der Waals surface area (Å²) < 4.78 is 38.2. The molecule has 1 aromatic heterocycles. The molecule has 1 saturated heterocycles. The fourth-order valence-corrected chi connectivity index (χ4v) is 5.38. The van der Waals surface area contributed by atoms with E-state index >= 15 is 0 Å². The van der Waals surface area contributed by atoms with Crippen LogP contribution in [0.5, 0.6) is 0 Å². The van der Waals surface area contributed by atoms with Gasteiger partial charge in [0.25, 0.3) is 5.91 Å². The Labute approximate surface area is 180 Å². The Morgan fingerprint density at radius 2 is 2.00 bits per heavy atom. The number of amides is 1. The van der Waals surface area contributed by atoms with Gasteiger partial charge in [0.15, 0.2) is 5.82 Å². The zero-order valence-electron chi connectivity index (χ0n) is 17.1. The average molecular weight is 457 g/mol. The Kier molecular flexibility index (Phi) is 7.12. The normalized spacial score (nSPS) is 20.3. The molecule has 0 unspecified atom stereocenters. The van der Waals surface area contributed by atoms with Crippen LogP contribution in [0.15, 0.2) is 27.6 Å². The molecule has 0 aliphatic carbocycles. The molecule has 2 aromatic rings. The van der Waals surface area contributed by atoms with Crippen LogP contribution in [-0.4, -0.2) is 60.6 Å². The van der Waals surface area contributed by atoms with Crippen LogP contribution in [0.25, 0.3) is 0 Å². The van der Waals surface area contributed by atoms with Crippen molar-refractivity contribution in [2.75, 3.05) is 19.6 Å². The maximum atomic E-state index is 13.1. The number of ether oxygens (including phenoxy) is 1. The number of carbonyl (C=O) groups is 1. The lowest BCUT2D eigenvalue weighted by atomic mass is 10.2. The summed E-state index contributed by atoms with van der Waals surface area (Å²) in [6.45, 7) is 6.21. The van der Waals surface area contributed by atoms with Crippen molar-refractivity contribution in [2.45, 2.75) is 50.7 Å². The molecule has 1 amide bonds. The first-order valence-electron chi connectivity index (χ1n) is 9.69. The van der Waals surface area contributed by atoms with Gasteiger partial charge in [-0.2, -0.15) is 9.29 Å². The van der Waals surface area contributed by atoms with E-state index in [9.17, 15) is 13.2 Å². The minimum Gasteiger partial charge on any atom is -0.373 e. The second-order valence-electron chi connectivity index (χ2n) is 7.32. The number of benzene rings is 1. The molecular weight excluding hydrogens is 432 g/mol. The number of morpholine rings is 1. The summed E-state index contributed by atoms with van der Waals surface area (Å²) in [6, 6.07) is 4.25. The number of nitrogens with one attached hydrogen (secondary N) is 1. The van der Waals surface area contributed by atoms with Gasteiger partial charge in [-0.05, 0) is 45.4 Å². The number of hydrogen-bond donors (Lipinski definition) is 1. The molecule has 30 heavy (non-hydrogen) atoms.